The number of hydrogen-bond acceptors (Lipinski definition) is 2. The molecular weight excluding hydrogens is 296 g/mol. The van der Waals surface area contributed by atoms with Crippen molar-refractivity contribution in [3.8, 4) is 0 Å². The van der Waals surface area contributed by atoms with Gasteiger partial charge < -0.3 is 10.6 Å². The normalized spacial score (nSPS) is 22.1. The van der Waals surface area contributed by atoms with Gasteiger partial charge in [-0.05, 0) is 29.7 Å². The lowest BCUT2D eigenvalue weighted by Crippen LogP contribution is -2.50. The van der Waals surface area contributed by atoms with Gasteiger partial charge in [0.1, 0.15) is 0 Å². The molecule has 1 fully saturated rings. The molecule has 0 bridgehead atoms. The zero-order valence-electron chi connectivity index (χ0n) is 13.9. The van der Waals surface area contributed by atoms with E-state index >= 15 is 0 Å². The number of nitrogens with two attached hydrogens (primary N) is 1. The second kappa shape index (κ2) is 7.98. The Morgan fingerprint density at radius 1 is 1.32 bits per heavy atom. The number of nitrogens with zero attached hydrogens (tertiary/aromatic N) is 1. The van der Waals surface area contributed by atoms with Crippen LogP contribution in [0.3, 0.4) is 0 Å². The van der Waals surface area contributed by atoms with Crippen molar-refractivity contribution in [2.75, 3.05) is 13.1 Å². The molecule has 1 aliphatic heterocycles. The van der Waals surface area contributed by atoms with Crippen molar-refractivity contribution in [1.82, 2.24) is 4.90 Å². The van der Waals surface area contributed by atoms with Crippen molar-refractivity contribution in [3.63, 3.8) is 0 Å². The number of hydrogen-bond donors (Lipinski definition) is 1. The standard InChI is InChI=1S/C18H28N2O.ClH/c1-14-9-10-20(16(11-14)13-19)17(21)12-18(2,3)15-7-5-4-6-8-15;/h4-8,14,16H,9-13,19H2,1-3H3;1H. The van der Waals surface area contributed by atoms with Crippen LogP contribution in [0.15, 0.2) is 30.3 Å². The van der Waals surface area contributed by atoms with E-state index in [4.69, 9.17) is 5.73 Å². The van der Waals surface area contributed by atoms with E-state index in [0.29, 0.717) is 18.9 Å². The van der Waals surface area contributed by atoms with Gasteiger partial charge in [0.05, 0.1) is 0 Å². The number of halogens is 1. The molecule has 2 N–H and O–H groups in total. The number of rotatable bonds is 4. The second-order valence-electron chi connectivity index (χ2n) is 7.03. The summed E-state index contributed by atoms with van der Waals surface area (Å²) in [6.45, 7) is 7.96. The molecule has 1 heterocycles. The molecule has 2 rings (SSSR count). The van der Waals surface area contributed by atoms with Crippen LogP contribution >= 0.6 is 12.4 Å². The lowest BCUT2D eigenvalue weighted by atomic mass is 9.80. The predicted molar refractivity (Wildman–Crippen MR) is 94.3 cm³/mol. The molecule has 3 nitrogen and oxygen atoms in total. The van der Waals surface area contributed by atoms with E-state index in [2.05, 4.69) is 32.9 Å². The molecule has 0 aromatic heterocycles. The zero-order valence-corrected chi connectivity index (χ0v) is 14.7. The minimum absolute atomic E-state index is 0. The maximum Gasteiger partial charge on any atom is 0.223 e. The van der Waals surface area contributed by atoms with Crippen LogP contribution in [0.2, 0.25) is 0 Å². The summed E-state index contributed by atoms with van der Waals surface area (Å²) in [4.78, 5) is 14.8. The predicted octanol–water partition coefficient (Wildman–Crippen LogP) is 3.36. The minimum Gasteiger partial charge on any atom is -0.338 e. The molecule has 1 aromatic rings. The van der Waals surface area contributed by atoms with Gasteiger partial charge in [-0.1, -0.05) is 51.1 Å². The highest BCUT2D eigenvalue weighted by molar-refractivity contribution is 5.85. The molecular formula is C18H29ClN2O. The summed E-state index contributed by atoms with van der Waals surface area (Å²) in [5, 5.41) is 0. The molecule has 124 valence electrons. The molecule has 1 amide bonds. The zero-order chi connectivity index (χ0) is 15.5. The second-order valence-corrected chi connectivity index (χ2v) is 7.03. The van der Waals surface area contributed by atoms with E-state index in [1.54, 1.807) is 0 Å². The van der Waals surface area contributed by atoms with Crippen LogP contribution in [0, 0.1) is 5.92 Å². The number of carbonyl (C=O) groups is 1. The quantitative estimate of drug-likeness (QED) is 0.923. The molecule has 0 radical (unpaired) electrons. The van der Waals surface area contributed by atoms with Crippen LogP contribution in [0.1, 0.15) is 45.6 Å². The van der Waals surface area contributed by atoms with Crippen molar-refractivity contribution in [2.24, 2.45) is 11.7 Å². The van der Waals surface area contributed by atoms with E-state index in [0.717, 1.165) is 19.4 Å². The van der Waals surface area contributed by atoms with Gasteiger partial charge in [0.15, 0.2) is 0 Å². The first-order valence-corrected chi connectivity index (χ1v) is 7.99. The number of likely N-dealkylation sites (tertiary alicyclic amines) is 1. The van der Waals surface area contributed by atoms with Crippen LogP contribution in [-0.2, 0) is 10.2 Å². The molecule has 2 atom stereocenters. The third kappa shape index (κ3) is 4.47. The molecule has 1 saturated heterocycles. The molecule has 2 unspecified atom stereocenters. The van der Waals surface area contributed by atoms with Crippen LogP contribution in [0.4, 0.5) is 0 Å². The monoisotopic (exact) mass is 324 g/mol. The summed E-state index contributed by atoms with van der Waals surface area (Å²) in [6.07, 6.45) is 2.67. The van der Waals surface area contributed by atoms with Crippen LogP contribution in [0.25, 0.3) is 0 Å². The Bertz CT molecular complexity index is 475. The minimum atomic E-state index is -0.138. The average Bonchev–Trinajstić information content (AvgIpc) is 2.47. The van der Waals surface area contributed by atoms with Crippen LogP contribution < -0.4 is 5.73 Å². The highest BCUT2D eigenvalue weighted by atomic mass is 35.5. The number of amides is 1. The highest BCUT2D eigenvalue weighted by Gasteiger charge is 2.32. The largest absolute Gasteiger partial charge is 0.338 e. The summed E-state index contributed by atoms with van der Waals surface area (Å²) in [5.41, 5.74) is 6.95. The van der Waals surface area contributed by atoms with Gasteiger partial charge in [0, 0.05) is 25.6 Å². The summed E-state index contributed by atoms with van der Waals surface area (Å²) in [7, 11) is 0. The van der Waals surface area contributed by atoms with Gasteiger partial charge in [-0.3, -0.25) is 4.79 Å². The Labute approximate surface area is 140 Å². The molecule has 0 saturated carbocycles. The Balaban J connectivity index is 0.00000242. The van der Waals surface area contributed by atoms with Gasteiger partial charge >= 0.3 is 0 Å². The topological polar surface area (TPSA) is 46.3 Å². The van der Waals surface area contributed by atoms with E-state index in [-0.39, 0.29) is 29.8 Å². The number of piperidine rings is 1. The lowest BCUT2D eigenvalue weighted by molar-refractivity contribution is -0.136. The Morgan fingerprint density at radius 2 is 1.95 bits per heavy atom. The smallest absolute Gasteiger partial charge is 0.223 e. The van der Waals surface area contributed by atoms with Crippen molar-refractivity contribution in [3.05, 3.63) is 35.9 Å². The average molecular weight is 325 g/mol. The van der Waals surface area contributed by atoms with Crippen molar-refractivity contribution in [2.45, 2.75) is 51.5 Å². The summed E-state index contributed by atoms with van der Waals surface area (Å²) in [6, 6.07) is 10.5. The molecule has 0 aliphatic carbocycles. The highest BCUT2D eigenvalue weighted by Crippen LogP contribution is 2.30. The lowest BCUT2D eigenvalue weighted by Gasteiger charge is -2.39. The van der Waals surface area contributed by atoms with E-state index in [1.807, 2.05) is 23.1 Å². The van der Waals surface area contributed by atoms with Gasteiger partial charge in [-0.15, -0.1) is 12.4 Å². The Morgan fingerprint density at radius 3 is 2.55 bits per heavy atom. The van der Waals surface area contributed by atoms with E-state index in [1.165, 1.54) is 5.56 Å². The fourth-order valence-electron chi connectivity index (χ4n) is 3.27. The van der Waals surface area contributed by atoms with Gasteiger partial charge in [0.2, 0.25) is 5.91 Å². The third-order valence-corrected chi connectivity index (χ3v) is 4.72. The molecule has 1 aromatic carbocycles. The SMILES string of the molecule is CC1CCN(C(=O)CC(C)(C)c2ccccc2)C(CN)C1.Cl. The van der Waals surface area contributed by atoms with E-state index in [9.17, 15) is 4.79 Å². The van der Waals surface area contributed by atoms with Crippen LogP contribution in [0.5, 0.6) is 0 Å². The van der Waals surface area contributed by atoms with Gasteiger partial charge in [-0.2, -0.15) is 0 Å². The molecule has 22 heavy (non-hydrogen) atoms. The van der Waals surface area contributed by atoms with Gasteiger partial charge in [0.25, 0.3) is 0 Å². The maximum atomic E-state index is 12.7. The van der Waals surface area contributed by atoms with Gasteiger partial charge in [-0.25, -0.2) is 0 Å². The Kier molecular flexibility index (Phi) is 6.89. The number of carbonyl (C=O) groups excluding carboxylic acids is 1. The van der Waals surface area contributed by atoms with E-state index < -0.39 is 0 Å². The molecule has 1 aliphatic rings. The van der Waals surface area contributed by atoms with Crippen molar-refractivity contribution < 1.29 is 4.79 Å². The Hall–Kier alpha value is -1.06. The van der Waals surface area contributed by atoms with Crippen molar-refractivity contribution >= 4 is 18.3 Å². The summed E-state index contributed by atoms with van der Waals surface area (Å²) >= 11 is 0. The molecule has 4 heteroatoms. The fraction of sp³-hybridized carbons (Fsp3) is 0.611. The molecule has 0 spiro atoms. The first kappa shape index (κ1) is 19.0. The summed E-state index contributed by atoms with van der Waals surface area (Å²) < 4.78 is 0. The number of benzene rings is 1. The maximum absolute atomic E-state index is 12.7. The fourth-order valence-corrected chi connectivity index (χ4v) is 3.27. The third-order valence-electron chi connectivity index (χ3n) is 4.72. The van der Waals surface area contributed by atoms with Crippen LogP contribution in [-0.4, -0.2) is 29.9 Å². The first-order chi connectivity index (χ1) is 9.94. The van der Waals surface area contributed by atoms with Crippen molar-refractivity contribution in [1.29, 1.82) is 0 Å². The summed E-state index contributed by atoms with van der Waals surface area (Å²) in [5.74, 6) is 0.913. The first-order valence-electron chi connectivity index (χ1n) is 7.99.